The van der Waals surface area contributed by atoms with Crippen LogP contribution in [-0.2, 0) is 0 Å². The van der Waals surface area contributed by atoms with Gasteiger partial charge in [-0.2, -0.15) is 15.3 Å². The number of aromatic nitrogens is 2. The average Bonchev–Trinajstić information content (AvgIpc) is 3.21. The third kappa shape index (κ3) is 5.04. The maximum Gasteiger partial charge on any atom is 0.291 e. The van der Waals surface area contributed by atoms with Gasteiger partial charge in [0.25, 0.3) is 11.8 Å². The number of benzene rings is 2. The highest BCUT2D eigenvalue weighted by Crippen LogP contribution is 2.13. The van der Waals surface area contributed by atoms with Crippen molar-refractivity contribution in [3.63, 3.8) is 0 Å². The van der Waals surface area contributed by atoms with Crippen molar-refractivity contribution in [2.45, 2.75) is 0 Å². The van der Waals surface area contributed by atoms with Crippen LogP contribution in [0.1, 0.15) is 32.1 Å². The molecule has 0 fully saturated rings. The maximum absolute atomic E-state index is 12.0. The molecule has 0 saturated carbocycles. The van der Waals surface area contributed by atoms with Gasteiger partial charge in [0.2, 0.25) is 0 Å². The number of hydrogen-bond donors (Lipinski definition) is 5. The second-order valence-electron chi connectivity index (χ2n) is 5.68. The fourth-order valence-corrected chi connectivity index (χ4v) is 2.19. The molecular weight excluding hydrogens is 376 g/mol. The summed E-state index contributed by atoms with van der Waals surface area (Å²) in [6.07, 6.45) is 2.56. The van der Waals surface area contributed by atoms with E-state index in [4.69, 9.17) is 0 Å². The maximum atomic E-state index is 12.0. The van der Waals surface area contributed by atoms with Crippen LogP contribution in [0.5, 0.6) is 11.5 Å². The molecule has 0 spiro atoms. The Hall–Kier alpha value is -4.47. The van der Waals surface area contributed by atoms with Gasteiger partial charge in [0.05, 0.1) is 12.4 Å². The van der Waals surface area contributed by atoms with Gasteiger partial charge < -0.3 is 10.2 Å². The predicted octanol–water partition coefficient (Wildman–Crippen LogP) is 1.35. The molecule has 2 aromatic carbocycles. The van der Waals surface area contributed by atoms with Crippen LogP contribution in [0, 0.1) is 0 Å². The molecule has 0 aliphatic carbocycles. The monoisotopic (exact) mass is 392 g/mol. The molecule has 10 nitrogen and oxygen atoms in total. The Morgan fingerprint density at radius 1 is 0.862 bits per heavy atom. The van der Waals surface area contributed by atoms with Crippen molar-refractivity contribution in [1.82, 2.24) is 21.0 Å². The van der Waals surface area contributed by atoms with Crippen molar-refractivity contribution in [3.8, 4) is 11.5 Å². The number of carbonyl (C=O) groups is 2. The van der Waals surface area contributed by atoms with Gasteiger partial charge in [-0.1, -0.05) is 24.3 Å². The van der Waals surface area contributed by atoms with E-state index >= 15 is 0 Å². The summed E-state index contributed by atoms with van der Waals surface area (Å²) in [5, 5.41) is 32.9. The normalized spacial score (nSPS) is 11.0. The third-order valence-corrected chi connectivity index (χ3v) is 3.67. The summed E-state index contributed by atoms with van der Waals surface area (Å²) in [6.45, 7) is 0. The molecule has 10 heteroatoms. The number of H-pyrrole nitrogens is 1. The summed E-state index contributed by atoms with van der Waals surface area (Å²) in [5.41, 5.74) is 5.31. The van der Waals surface area contributed by atoms with E-state index in [0.29, 0.717) is 11.1 Å². The van der Waals surface area contributed by atoms with Crippen LogP contribution in [0.4, 0.5) is 0 Å². The smallest absolute Gasteiger partial charge is 0.291 e. The molecular formula is C19H16N6O4. The van der Waals surface area contributed by atoms with Crippen LogP contribution in [0.15, 0.2) is 64.8 Å². The largest absolute Gasteiger partial charge is 0.507 e. The number of nitrogens with zero attached hydrogens (tertiary/aromatic N) is 3. The fourth-order valence-electron chi connectivity index (χ4n) is 2.19. The number of carbonyl (C=O) groups excluding carboxylic acids is 2. The molecule has 5 N–H and O–H groups in total. The number of hydrogen-bond acceptors (Lipinski definition) is 7. The summed E-state index contributed by atoms with van der Waals surface area (Å²) in [6, 6.07) is 14.2. The first-order valence-electron chi connectivity index (χ1n) is 8.33. The molecule has 0 radical (unpaired) electrons. The number of phenolic OH excluding ortho intramolecular Hbond substituents is 2. The number of rotatable bonds is 6. The van der Waals surface area contributed by atoms with E-state index in [1.54, 1.807) is 36.4 Å². The van der Waals surface area contributed by atoms with Crippen LogP contribution >= 0.6 is 0 Å². The van der Waals surface area contributed by atoms with E-state index < -0.39 is 11.8 Å². The van der Waals surface area contributed by atoms with E-state index in [1.165, 1.54) is 30.6 Å². The number of aromatic amines is 1. The third-order valence-electron chi connectivity index (χ3n) is 3.67. The van der Waals surface area contributed by atoms with E-state index in [0.717, 1.165) is 0 Å². The molecule has 3 aromatic rings. The quantitative estimate of drug-likeness (QED) is 0.317. The number of nitrogens with one attached hydrogen (secondary N) is 3. The minimum absolute atomic E-state index is 0.00858. The first-order valence-corrected chi connectivity index (χ1v) is 8.33. The molecule has 146 valence electrons. The lowest BCUT2D eigenvalue weighted by molar-refractivity contribution is 0.0944. The average molecular weight is 392 g/mol. The molecule has 1 aromatic heterocycles. The minimum atomic E-state index is -0.648. The van der Waals surface area contributed by atoms with Gasteiger partial charge in [-0.05, 0) is 24.3 Å². The Labute approximate surface area is 164 Å². The summed E-state index contributed by atoms with van der Waals surface area (Å²) in [7, 11) is 0. The summed E-state index contributed by atoms with van der Waals surface area (Å²) < 4.78 is 0. The number of aromatic hydroxyl groups is 2. The van der Waals surface area contributed by atoms with E-state index in [1.807, 2.05) is 0 Å². The standard InChI is InChI=1S/C19H16N6O4/c26-16-7-3-1-5-12(16)10-20-24-18(28)14-9-15(23-22-14)19(29)25-21-11-13-6-2-4-8-17(13)27/h1-11,26-27H,(H,22,23)(H,24,28)(H,25,29). The zero-order valence-electron chi connectivity index (χ0n) is 14.9. The molecule has 1 heterocycles. The second-order valence-corrected chi connectivity index (χ2v) is 5.68. The number of hydrazone groups is 2. The molecule has 0 saturated heterocycles. The minimum Gasteiger partial charge on any atom is -0.507 e. The zero-order valence-corrected chi connectivity index (χ0v) is 14.9. The van der Waals surface area contributed by atoms with Gasteiger partial charge in [0.1, 0.15) is 17.2 Å². The highest BCUT2D eigenvalue weighted by atomic mass is 16.3. The van der Waals surface area contributed by atoms with Gasteiger partial charge in [-0.15, -0.1) is 0 Å². The molecule has 3 rings (SSSR count). The van der Waals surface area contributed by atoms with Crippen LogP contribution in [0.2, 0.25) is 0 Å². The Balaban J connectivity index is 1.56. The zero-order chi connectivity index (χ0) is 20.6. The number of amides is 2. The molecule has 0 aliphatic rings. The van der Waals surface area contributed by atoms with E-state index in [2.05, 4.69) is 31.3 Å². The van der Waals surface area contributed by atoms with E-state index in [-0.39, 0.29) is 22.9 Å². The summed E-state index contributed by atoms with van der Waals surface area (Å²) >= 11 is 0. The highest BCUT2D eigenvalue weighted by molar-refractivity contribution is 5.98. The Morgan fingerprint density at radius 2 is 1.38 bits per heavy atom. The first kappa shape index (κ1) is 19.3. The summed E-state index contributed by atoms with van der Waals surface area (Å²) in [4.78, 5) is 24.1. The number of phenols is 2. The molecule has 0 atom stereocenters. The SMILES string of the molecule is O=C(NN=Cc1ccccc1O)c1cc(C(=O)NN=Cc2ccccc2O)[nH]n1. The van der Waals surface area contributed by atoms with Crippen molar-refractivity contribution in [3.05, 3.63) is 77.1 Å². The molecule has 2 amide bonds. The van der Waals surface area contributed by atoms with Crippen molar-refractivity contribution >= 4 is 24.2 Å². The Bertz CT molecular complexity index is 1010. The lowest BCUT2D eigenvalue weighted by atomic mass is 10.2. The Kier molecular flexibility index (Phi) is 5.96. The van der Waals surface area contributed by atoms with Crippen molar-refractivity contribution in [2.75, 3.05) is 0 Å². The van der Waals surface area contributed by atoms with Crippen LogP contribution in [0.25, 0.3) is 0 Å². The lowest BCUT2D eigenvalue weighted by Gasteiger charge is -1.98. The molecule has 29 heavy (non-hydrogen) atoms. The van der Waals surface area contributed by atoms with Gasteiger partial charge in [-0.25, -0.2) is 10.9 Å². The highest BCUT2D eigenvalue weighted by Gasteiger charge is 2.14. The topological polar surface area (TPSA) is 152 Å². The van der Waals surface area contributed by atoms with Crippen molar-refractivity contribution < 1.29 is 19.8 Å². The van der Waals surface area contributed by atoms with Gasteiger partial charge in [-0.3, -0.25) is 14.7 Å². The van der Waals surface area contributed by atoms with Crippen molar-refractivity contribution in [1.29, 1.82) is 0 Å². The number of para-hydroxylation sites is 2. The van der Waals surface area contributed by atoms with Crippen LogP contribution < -0.4 is 10.9 Å². The van der Waals surface area contributed by atoms with E-state index in [9.17, 15) is 19.8 Å². The van der Waals surface area contributed by atoms with Crippen LogP contribution in [-0.4, -0.2) is 44.7 Å². The second kappa shape index (κ2) is 8.95. The molecule has 0 unspecified atom stereocenters. The molecule has 0 aliphatic heterocycles. The fraction of sp³-hybridized carbons (Fsp3) is 0. The Morgan fingerprint density at radius 3 is 1.93 bits per heavy atom. The van der Waals surface area contributed by atoms with Crippen molar-refractivity contribution in [2.24, 2.45) is 10.2 Å². The first-order chi connectivity index (χ1) is 14.0. The van der Waals surface area contributed by atoms with Gasteiger partial charge in [0.15, 0.2) is 5.69 Å². The van der Waals surface area contributed by atoms with Crippen LogP contribution in [0.3, 0.4) is 0 Å². The van der Waals surface area contributed by atoms with Gasteiger partial charge >= 0.3 is 0 Å². The summed E-state index contributed by atoms with van der Waals surface area (Å²) in [5.74, 6) is -1.23. The van der Waals surface area contributed by atoms with Gasteiger partial charge in [0, 0.05) is 17.2 Å². The lowest BCUT2D eigenvalue weighted by Crippen LogP contribution is -2.19. The molecule has 0 bridgehead atoms. The predicted molar refractivity (Wildman–Crippen MR) is 105 cm³/mol.